The van der Waals surface area contributed by atoms with Gasteiger partial charge in [-0.15, -0.1) is 95.9 Å². The second kappa shape index (κ2) is 14.5. The summed E-state index contributed by atoms with van der Waals surface area (Å²) in [5, 5.41) is 0. The second-order valence-corrected chi connectivity index (χ2v) is 3.15. The molecule has 0 N–H and O–H groups in total. The molecule has 0 saturated heterocycles. The first-order chi connectivity index (χ1) is 6.95. The van der Waals surface area contributed by atoms with Crippen molar-refractivity contribution >= 4 is 108 Å². The average molecular weight is 692 g/mol. The number of hydrogen-bond acceptors (Lipinski definition) is 0. The summed E-state index contributed by atoms with van der Waals surface area (Å²) in [6, 6.07) is 20.6. The molecule has 0 amide bonds. The molecule has 2 aromatic carbocycles. The summed E-state index contributed by atoms with van der Waals surface area (Å²) in [5.74, 6) is 0. The van der Waals surface area contributed by atoms with Crippen LogP contribution in [-0.4, -0.2) is 0 Å². The Labute approximate surface area is 177 Å². The Morgan fingerprint density at radius 3 is 1.00 bits per heavy atom. The minimum Gasteiger partial charge on any atom is -0.107 e. The highest BCUT2D eigenvalue weighted by Crippen LogP contribution is 2.06. The Kier molecular flexibility index (Phi) is 19.5. The summed E-state index contributed by atoms with van der Waals surface area (Å²) in [4.78, 5) is 0. The van der Waals surface area contributed by atoms with Crippen LogP contribution in [0.15, 0.2) is 60.7 Å². The highest BCUT2D eigenvalue weighted by molar-refractivity contribution is 14.0. The van der Waals surface area contributed by atoms with E-state index in [1.54, 1.807) is 0 Å². The normalized spacial score (nSPS) is 8.22. The van der Waals surface area contributed by atoms with Crippen LogP contribution in [0.3, 0.4) is 0 Å². The van der Waals surface area contributed by atoms with Crippen molar-refractivity contribution < 1.29 is 0 Å². The Morgan fingerprint density at radius 1 is 0.444 bits per heavy atom. The van der Waals surface area contributed by atoms with E-state index in [9.17, 15) is 0 Å². The maximum absolute atomic E-state index is 2.12. The van der Waals surface area contributed by atoms with Crippen LogP contribution in [0.4, 0.5) is 0 Å². The van der Waals surface area contributed by atoms with Gasteiger partial charge in [0.2, 0.25) is 0 Å². The molecule has 100 valence electrons. The van der Waals surface area contributed by atoms with E-state index in [1.165, 1.54) is 11.1 Å². The molecular weight excluding hydrogens is 676 g/mol. The van der Waals surface area contributed by atoms with Crippen LogP contribution in [0.25, 0.3) is 12.2 Å². The topological polar surface area (TPSA) is 0 Å². The van der Waals surface area contributed by atoms with E-state index in [4.69, 9.17) is 0 Å². The smallest absolute Gasteiger partial charge is 0.0256 e. The predicted molar refractivity (Wildman–Crippen MR) is 123 cm³/mol. The molecule has 0 spiro atoms. The van der Waals surface area contributed by atoms with Gasteiger partial charge in [0.15, 0.2) is 0 Å². The SMILES string of the molecule is C(=Cc1ccccc1)c1ccccc1.I.I.I.I. The zero-order valence-corrected chi connectivity index (χ0v) is 18.9. The molecule has 0 atom stereocenters. The molecule has 2 rings (SSSR count). The van der Waals surface area contributed by atoms with E-state index in [2.05, 4.69) is 36.4 Å². The van der Waals surface area contributed by atoms with Gasteiger partial charge in [-0.25, -0.2) is 0 Å². The zero-order chi connectivity index (χ0) is 9.64. The molecule has 0 aliphatic rings. The number of hydrogen-bond donors (Lipinski definition) is 0. The summed E-state index contributed by atoms with van der Waals surface area (Å²) in [5.41, 5.74) is 2.47. The van der Waals surface area contributed by atoms with E-state index in [-0.39, 0.29) is 95.9 Å². The molecule has 0 bridgehead atoms. The van der Waals surface area contributed by atoms with E-state index in [1.807, 2.05) is 36.4 Å². The first-order valence-electron chi connectivity index (χ1n) is 4.73. The number of halogens is 4. The Hall–Kier alpha value is 1.10. The molecule has 0 heterocycles. The standard InChI is InChI=1S/C14H12.4HI/c1-3-7-13(8-4-1)11-12-14-9-5-2-6-10-14;;;;/h1-12H;4*1H. The highest BCUT2D eigenvalue weighted by atomic mass is 127. The van der Waals surface area contributed by atoms with Gasteiger partial charge < -0.3 is 0 Å². The Morgan fingerprint density at radius 2 is 0.722 bits per heavy atom. The van der Waals surface area contributed by atoms with Crippen LogP contribution in [0.2, 0.25) is 0 Å². The highest BCUT2D eigenvalue weighted by Gasteiger charge is 1.84. The fourth-order valence-electron chi connectivity index (χ4n) is 1.32. The van der Waals surface area contributed by atoms with Crippen LogP contribution < -0.4 is 0 Å². The first-order valence-corrected chi connectivity index (χ1v) is 4.73. The lowest BCUT2D eigenvalue weighted by Gasteiger charge is -1.92. The molecule has 0 aromatic heterocycles. The van der Waals surface area contributed by atoms with E-state index >= 15 is 0 Å². The lowest BCUT2D eigenvalue weighted by atomic mass is 10.1. The number of rotatable bonds is 2. The molecule has 0 aliphatic heterocycles. The van der Waals surface area contributed by atoms with Crippen molar-refractivity contribution in [1.82, 2.24) is 0 Å². The van der Waals surface area contributed by atoms with Gasteiger partial charge in [-0.3, -0.25) is 0 Å². The third kappa shape index (κ3) is 9.08. The average Bonchev–Trinajstić information content (AvgIpc) is 2.29. The van der Waals surface area contributed by atoms with Gasteiger partial charge in [-0.2, -0.15) is 0 Å². The van der Waals surface area contributed by atoms with Gasteiger partial charge in [0, 0.05) is 0 Å². The molecular formula is C14H16I4. The summed E-state index contributed by atoms with van der Waals surface area (Å²) >= 11 is 0. The third-order valence-corrected chi connectivity index (χ3v) is 2.07. The van der Waals surface area contributed by atoms with Crippen LogP contribution in [0, 0.1) is 0 Å². The van der Waals surface area contributed by atoms with Crippen LogP contribution in [0.1, 0.15) is 11.1 Å². The summed E-state index contributed by atoms with van der Waals surface area (Å²) in [6.45, 7) is 0. The van der Waals surface area contributed by atoms with E-state index < -0.39 is 0 Å². The van der Waals surface area contributed by atoms with Crippen molar-refractivity contribution in [1.29, 1.82) is 0 Å². The third-order valence-electron chi connectivity index (χ3n) is 2.07. The van der Waals surface area contributed by atoms with Gasteiger partial charge in [0.05, 0.1) is 0 Å². The van der Waals surface area contributed by atoms with Gasteiger partial charge in [-0.05, 0) is 11.1 Å². The maximum Gasteiger partial charge on any atom is -0.0256 e. The minimum absolute atomic E-state index is 0. The summed E-state index contributed by atoms with van der Waals surface area (Å²) in [6.07, 6.45) is 4.24. The predicted octanol–water partition coefficient (Wildman–Crippen LogP) is 6.33. The Balaban J connectivity index is -0.000000562. The van der Waals surface area contributed by atoms with Crippen LogP contribution in [-0.2, 0) is 0 Å². The number of benzene rings is 2. The van der Waals surface area contributed by atoms with Gasteiger partial charge in [-0.1, -0.05) is 72.8 Å². The van der Waals surface area contributed by atoms with E-state index in [0.29, 0.717) is 0 Å². The summed E-state index contributed by atoms with van der Waals surface area (Å²) < 4.78 is 0. The largest absolute Gasteiger partial charge is 0.107 e. The fourth-order valence-corrected chi connectivity index (χ4v) is 1.32. The molecule has 4 heteroatoms. The molecule has 18 heavy (non-hydrogen) atoms. The molecule has 0 unspecified atom stereocenters. The second-order valence-electron chi connectivity index (χ2n) is 3.15. The molecule has 0 radical (unpaired) electrons. The lowest BCUT2D eigenvalue weighted by Crippen LogP contribution is -1.70. The molecule has 0 fully saturated rings. The lowest BCUT2D eigenvalue weighted by molar-refractivity contribution is 1.65. The fraction of sp³-hybridized carbons (Fsp3) is 0. The molecule has 0 aliphatic carbocycles. The Bertz CT molecular complexity index is 371. The van der Waals surface area contributed by atoms with Crippen molar-refractivity contribution in [3.05, 3.63) is 71.8 Å². The van der Waals surface area contributed by atoms with Crippen LogP contribution >= 0.6 is 95.9 Å². The van der Waals surface area contributed by atoms with Crippen molar-refractivity contribution in [2.45, 2.75) is 0 Å². The first kappa shape index (κ1) is 24.1. The van der Waals surface area contributed by atoms with Crippen molar-refractivity contribution in [2.24, 2.45) is 0 Å². The maximum atomic E-state index is 2.12. The minimum atomic E-state index is 0. The monoisotopic (exact) mass is 692 g/mol. The van der Waals surface area contributed by atoms with Crippen LogP contribution in [0.5, 0.6) is 0 Å². The van der Waals surface area contributed by atoms with Crippen molar-refractivity contribution in [3.8, 4) is 0 Å². The van der Waals surface area contributed by atoms with Gasteiger partial charge in [0.25, 0.3) is 0 Å². The quantitative estimate of drug-likeness (QED) is 0.255. The van der Waals surface area contributed by atoms with Crippen molar-refractivity contribution in [3.63, 3.8) is 0 Å². The molecule has 2 aromatic rings. The molecule has 0 nitrogen and oxygen atoms in total. The molecule has 0 saturated carbocycles. The van der Waals surface area contributed by atoms with Gasteiger partial charge >= 0.3 is 0 Å². The van der Waals surface area contributed by atoms with Gasteiger partial charge in [0.1, 0.15) is 0 Å². The zero-order valence-electron chi connectivity index (χ0n) is 9.56. The summed E-state index contributed by atoms with van der Waals surface area (Å²) in [7, 11) is 0. The van der Waals surface area contributed by atoms with E-state index in [0.717, 1.165) is 0 Å². The van der Waals surface area contributed by atoms with Crippen molar-refractivity contribution in [2.75, 3.05) is 0 Å².